The molecule has 0 bridgehead atoms. The number of aromatic nitrogens is 3. The molecule has 17 heavy (non-hydrogen) atoms. The van der Waals surface area contributed by atoms with Crippen LogP contribution in [0.5, 0.6) is 0 Å². The van der Waals surface area contributed by atoms with Crippen LogP contribution in [0.1, 0.15) is 5.56 Å². The molecule has 6 heteroatoms. The van der Waals surface area contributed by atoms with Crippen molar-refractivity contribution >= 4 is 0 Å². The molecule has 0 aliphatic carbocycles. The van der Waals surface area contributed by atoms with Crippen molar-refractivity contribution in [3.63, 3.8) is 0 Å². The third kappa shape index (κ3) is 2.54. The molecule has 2 heterocycles. The van der Waals surface area contributed by atoms with E-state index in [2.05, 4.69) is 20.3 Å². The van der Waals surface area contributed by atoms with Crippen molar-refractivity contribution in [1.29, 1.82) is 0 Å². The molecule has 5 nitrogen and oxygen atoms in total. The quantitative estimate of drug-likeness (QED) is 0.819. The van der Waals surface area contributed by atoms with Gasteiger partial charge in [0, 0.05) is 18.3 Å². The Balaban J connectivity index is 2.37. The summed E-state index contributed by atoms with van der Waals surface area (Å²) in [5.74, 6) is -0.0993. The molecule has 2 N–H and O–H groups in total. The lowest BCUT2D eigenvalue weighted by Crippen LogP contribution is -2.19. The van der Waals surface area contributed by atoms with Crippen molar-refractivity contribution in [3.05, 3.63) is 46.3 Å². The van der Waals surface area contributed by atoms with Gasteiger partial charge in [0.2, 0.25) is 0 Å². The van der Waals surface area contributed by atoms with Crippen molar-refractivity contribution in [3.8, 4) is 11.5 Å². The van der Waals surface area contributed by atoms with Gasteiger partial charge in [0.1, 0.15) is 11.5 Å². The van der Waals surface area contributed by atoms with Crippen LogP contribution in [0.4, 0.5) is 4.39 Å². The third-order valence-corrected chi connectivity index (χ3v) is 2.21. The van der Waals surface area contributed by atoms with E-state index in [1.807, 2.05) is 0 Å². The van der Waals surface area contributed by atoms with Gasteiger partial charge in [-0.2, -0.15) is 0 Å². The maximum Gasteiger partial charge on any atom is 0.255 e. The standard InChI is InChI=1S/C11H11FN4O/c1-13-4-7-5-15-10(16-11(7)17)9-3-2-8(12)6-14-9/h2-3,5-6,13H,4H2,1H3,(H,15,16,17). The van der Waals surface area contributed by atoms with Gasteiger partial charge in [-0.15, -0.1) is 0 Å². The normalized spacial score (nSPS) is 10.5. The van der Waals surface area contributed by atoms with Crippen molar-refractivity contribution in [2.24, 2.45) is 0 Å². The predicted molar refractivity (Wildman–Crippen MR) is 60.8 cm³/mol. The molecule has 0 aromatic carbocycles. The highest BCUT2D eigenvalue weighted by molar-refractivity contribution is 5.47. The van der Waals surface area contributed by atoms with Crippen molar-refractivity contribution in [2.75, 3.05) is 7.05 Å². The van der Waals surface area contributed by atoms with Gasteiger partial charge in [-0.05, 0) is 19.2 Å². The summed E-state index contributed by atoms with van der Waals surface area (Å²) < 4.78 is 12.7. The number of nitrogens with one attached hydrogen (secondary N) is 2. The van der Waals surface area contributed by atoms with Crippen LogP contribution in [0.3, 0.4) is 0 Å². The second kappa shape index (κ2) is 4.84. The summed E-state index contributed by atoms with van der Waals surface area (Å²) in [6.07, 6.45) is 2.56. The van der Waals surface area contributed by atoms with Gasteiger partial charge in [-0.3, -0.25) is 4.79 Å². The summed E-state index contributed by atoms with van der Waals surface area (Å²) in [6.45, 7) is 0.444. The monoisotopic (exact) mass is 234 g/mol. The van der Waals surface area contributed by atoms with Crippen LogP contribution >= 0.6 is 0 Å². The second-order valence-electron chi connectivity index (χ2n) is 3.48. The first-order valence-corrected chi connectivity index (χ1v) is 5.05. The highest BCUT2D eigenvalue weighted by atomic mass is 19.1. The first kappa shape index (κ1) is 11.4. The van der Waals surface area contributed by atoms with E-state index < -0.39 is 5.82 Å². The molecular formula is C11H11FN4O. The van der Waals surface area contributed by atoms with E-state index in [1.165, 1.54) is 18.3 Å². The van der Waals surface area contributed by atoms with Gasteiger partial charge in [0.25, 0.3) is 5.56 Å². The Hall–Kier alpha value is -2.08. The van der Waals surface area contributed by atoms with Gasteiger partial charge < -0.3 is 10.3 Å². The molecule has 2 rings (SSSR count). The molecule has 0 saturated heterocycles. The topological polar surface area (TPSA) is 70.7 Å². The molecule has 0 spiro atoms. The number of nitrogens with zero attached hydrogens (tertiary/aromatic N) is 2. The van der Waals surface area contributed by atoms with E-state index in [1.54, 1.807) is 7.05 Å². The fraction of sp³-hybridized carbons (Fsp3) is 0.182. The minimum absolute atomic E-state index is 0.226. The molecule has 0 atom stereocenters. The lowest BCUT2D eigenvalue weighted by molar-refractivity contribution is 0.621. The van der Waals surface area contributed by atoms with Crippen LogP contribution in [-0.2, 0) is 6.54 Å². The molecule has 88 valence electrons. The average molecular weight is 234 g/mol. The van der Waals surface area contributed by atoms with Crippen LogP contribution in [0.2, 0.25) is 0 Å². The maximum atomic E-state index is 12.7. The molecule has 0 saturated carbocycles. The second-order valence-corrected chi connectivity index (χ2v) is 3.48. The van der Waals surface area contributed by atoms with Gasteiger partial charge in [0.05, 0.1) is 6.20 Å². The van der Waals surface area contributed by atoms with Crippen molar-refractivity contribution < 1.29 is 4.39 Å². The number of H-pyrrole nitrogens is 1. The molecule has 2 aromatic heterocycles. The highest BCUT2D eigenvalue weighted by Gasteiger charge is 2.05. The summed E-state index contributed by atoms with van der Waals surface area (Å²) in [6, 6.07) is 2.73. The van der Waals surface area contributed by atoms with E-state index in [-0.39, 0.29) is 5.56 Å². The Morgan fingerprint density at radius 1 is 1.35 bits per heavy atom. The molecule has 0 aliphatic rings. The van der Waals surface area contributed by atoms with E-state index >= 15 is 0 Å². The Kier molecular flexibility index (Phi) is 3.24. The van der Waals surface area contributed by atoms with Crippen LogP contribution in [0.15, 0.2) is 29.3 Å². The minimum atomic E-state index is -0.428. The molecule has 2 aromatic rings. The fourth-order valence-corrected chi connectivity index (χ4v) is 1.38. The Labute approximate surface area is 96.8 Å². The van der Waals surface area contributed by atoms with Crippen LogP contribution in [-0.4, -0.2) is 22.0 Å². The van der Waals surface area contributed by atoms with Crippen LogP contribution in [0, 0.1) is 5.82 Å². The molecule has 0 aliphatic heterocycles. The zero-order valence-corrected chi connectivity index (χ0v) is 9.20. The zero-order chi connectivity index (χ0) is 12.3. The number of halogens is 1. The largest absolute Gasteiger partial charge is 0.315 e. The lowest BCUT2D eigenvalue weighted by atomic mass is 10.3. The number of hydrogen-bond acceptors (Lipinski definition) is 4. The van der Waals surface area contributed by atoms with Crippen molar-refractivity contribution in [2.45, 2.75) is 6.54 Å². The summed E-state index contributed by atoms with van der Waals surface area (Å²) in [5, 5.41) is 2.87. The zero-order valence-electron chi connectivity index (χ0n) is 9.20. The highest BCUT2D eigenvalue weighted by Crippen LogP contribution is 2.09. The molecule has 0 unspecified atom stereocenters. The third-order valence-electron chi connectivity index (χ3n) is 2.21. The summed E-state index contributed by atoms with van der Waals surface area (Å²) >= 11 is 0. The van der Waals surface area contributed by atoms with Gasteiger partial charge in [-0.25, -0.2) is 14.4 Å². The molecule has 0 radical (unpaired) electrons. The van der Waals surface area contributed by atoms with Gasteiger partial charge >= 0.3 is 0 Å². The Morgan fingerprint density at radius 2 is 2.18 bits per heavy atom. The Bertz CT molecular complexity index is 564. The van der Waals surface area contributed by atoms with Gasteiger partial charge in [0.15, 0.2) is 5.82 Å². The minimum Gasteiger partial charge on any atom is -0.315 e. The van der Waals surface area contributed by atoms with Gasteiger partial charge in [-0.1, -0.05) is 0 Å². The van der Waals surface area contributed by atoms with E-state index in [0.717, 1.165) is 6.20 Å². The summed E-state index contributed by atoms with van der Waals surface area (Å²) in [5.41, 5.74) is 0.744. The van der Waals surface area contributed by atoms with E-state index in [0.29, 0.717) is 23.6 Å². The maximum absolute atomic E-state index is 12.7. The van der Waals surface area contributed by atoms with E-state index in [4.69, 9.17) is 0 Å². The van der Waals surface area contributed by atoms with Crippen LogP contribution in [0.25, 0.3) is 11.5 Å². The number of pyridine rings is 1. The Morgan fingerprint density at radius 3 is 2.76 bits per heavy atom. The average Bonchev–Trinajstić information content (AvgIpc) is 2.33. The van der Waals surface area contributed by atoms with Crippen molar-refractivity contribution in [1.82, 2.24) is 20.3 Å². The van der Waals surface area contributed by atoms with E-state index in [9.17, 15) is 9.18 Å². The first-order chi connectivity index (χ1) is 8.20. The molecular weight excluding hydrogens is 223 g/mol. The fourth-order valence-electron chi connectivity index (χ4n) is 1.38. The van der Waals surface area contributed by atoms with Crippen LogP contribution < -0.4 is 10.9 Å². The number of aromatic amines is 1. The molecule has 0 amide bonds. The smallest absolute Gasteiger partial charge is 0.255 e. The predicted octanol–water partition coefficient (Wildman–Crippen LogP) is 0.690. The summed E-state index contributed by atoms with van der Waals surface area (Å²) in [7, 11) is 1.74. The summed E-state index contributed by atoms with van der Waals surface area (Å²) in [4.78, 5) is 22.2. The number of hydrogen-bond donors (Lipinski definition) is 2. The lowest BCUT2D eigenvalue weighted by Gasteiger charge is -2.02. The molecule has 0 fully saturated rings. The SMILES string of the molecule is CNCc1cnc(-c2ccc(F)cn2)[nH]c1=O. The number of rotatable bonds is 3. The first-order valence-electron chi connectivity index (χ1n) is 5.05.